The van der Waals surface area contributed by atoms with Gasteiger partial charge in [-0.25, -0.2) is 4.39 Å². The summed E-state index contributed by atoms with van der Waals surface area (Å²) in [5, 5.41) is 3.65. The van der Waals surface area contributed by atoms with Gasteiger partial charge in [0.05, 0.1) is 0 Å². The number of nitrogens with zero attached hydrogens (tertiary/aromatic N) is 1. The zero-order valence-corrected chi connectivity index (χ0v) is 19.2. The van der Waals surface area contributed by atoms with Crippen molar-refractivity contribution in [1.82, 2.24) is 4.90 Å². The van der Waals surface area contributed by atoms with Crippen LogP contribution in [0.1, 0.15) is 12.0 Å². The van der Waals surface area contributed by atoms with Crippen molar-refractivity contribution >= 4 is 29.1 Å². The second-order valence-corrected chi connectivity index (χ2v) is 12.0. The van der Waals surface area contributed by atoms with Crippen LogP contribution < -0.4 is 15.9 Å². The molecule has 1 fully saturated rings. The lowest BCUT2D eigenvalue weighted by Gasteiger charge is -2.32. The summed E-state index contributed by atoms with van der Waals surface area (Å²) in [7, 11) is -2.27. The quantitative estimate of drug-likeness (QED) is 0.379. The minimum Gasteiger partial charge on any atom is -0.335 e. The number of carbonyl (C=O) groups is 1. The molecule has 1 aliphatic rings. The Bertz CT molecular complexity index is 1130. The molecule has 0 radical (unpaired) electrons. The molecular weight excluding hydrogens is 428 g/mol. The van der Waals surface area contributed by atoms with Gasteiger partial charge in [-0.3, -0.25) is 4.79 Å². The monoisotopic (exact) mass is 454 g/mol. The van der Waals surface area contributed by atoms with Crippen LogP contribution >= 0.6 is 7.26 Å². The van der Waals surface area contributed by atoms with Crippen LogP contribution in [-0.2, 0) is 11.3 Å². The first kappa shape index (κ1) is 21.6. The van der Waals surface area contributed by atoms with Crippen LogP contribution in [0.2, 0.25) is 0 Å². The molecule has 4 aromatic carbocycles. The fraction of sp³-hybridized carbons (Fsp3) is 0.138. The Kier molecular flexibility index (Phi) is 6.07. The first-order valence-corrected chi connectivity index (χ1v) is 13.1. The maximum absolute atomic E-state index is 14.0. The van der Waals surface area contributed by atoms with E-state index in [0.29, 0.717) is 13.1 Å². The van der Waals surface area contributed by atoms with Gasteiger partial charge in [-0.05, 0) is 54.1 Å². The van der Waals surface area contributed by atoms with Crippen LogP contribution in [0, 0.1) is 5.82 Å². The number of rotatable bonds is 6. The molecule has 0 spiro atoms. The Morgan fingerprint density at radius 3 is 1.73 bits per heavy atom. The highest BCUT2D eigenvalue weighted by molar-refractivity contribution is 7.96. The number of benzene rings is 4. The molecule has 5 rings (SSSR count). The highest BCUT2D eigenvalue weighted by Crippen LogP contribution is 2.62. The van der Waals surface area contributed by atoms with Crippen LogP contribution in [-0.4, -0.2) is 23.0 Å². The summed E-state index contributed by atoms with van der Waals surface area (Å²) in [6.45, 7) is 1.11. The van der Waals surface area contributed by atoms with Gasteiger partial charge in [0.25, 0.3) is 5.91 Å². The first-order valence-electron chi connectivity index (χ1n) is 11.3. The maximum Gasteiger partial charge on any atom is 0.264 e. The highest BCUT2D eigenvalue weighted by atomic mass is 31.2. The summed E-state index contributed by atoms with van der Waals surface area (Å²) in [5.41, 5.74) is 0.672. The predicted octanol–water partition coefficient (Wildman–Crippen LogP) is 4.92. The molecule has 1 unspecified atom stereocenters. The molecule has 0 aromatic heterocycles. The molecular formula is C29H26FNOP+. The van der Waals surface area contributed by atoms with Crippen molar-refractivity contribution in [2.75, 3.05) is 6.54 Å². The molecule has 33 heavy (non-hydrogen) atoms. The summed E-state index contributed by atoms with van der Waals surface area (Å²) in [4.78, 5) is 15.9. The van der Waals surface area contributed by atoms with E-state index >= 15 is 0 Å². The van der Waals surface area contributed by atoms with Gasteiger partial charge in [-0.1, -0.05) is 66.7 Å². The van der Waals surface area contributed by atoms with Gasteiger partial charge in [0.15, 0.2) is 5.66 Å². The van der Waals surface area contributed by atoms with E-state index in [9.17, 15) is 9.18 Å². The molecule has 2 nitrogen and oxygen atoms in total. The number of halogens is 1. The van der Waals surface area contributed by atoms with Gasteiger partial charge in [0, 0.05) is 19.5 Å². The Morgan fingerprint density at radius 1 is 0.727 bits per heavy atom. The van der Waals surface area contributed by atoms with Crippen molar-refractivity contribution in [2.45, 2.75) is 18.6 Å². The highest BCUT2D eigenvalue weighted by Gasteiger charge is 2.58. The van der Waals surface area contributed by atoms with Gasteiger partial charge in [0.2, 0.25) is 0 Å². The van der Waals surface area contributed by atoms with E-state index < -0.39 is 7.26 Å². The summed E-state index contributed by atoms with van der Waals surface area (Å²) < 4.78 is 13.8. The van der Waals surface area contributed by atoms with Crippen LogP contribution in [0.15, 0.2) is 115 Å². The van der Waals surface area contributed by atoms with E-state index in [4.69, 9.17) is 0 Å². The molecule has 1 heterocycles. The molecule has 1 atom stereocenters. The van der Waals surface area contributed by atoms with E-state index in [-0.39, 0.29) is 17.4 Å². The Labute approximate surface area is 195 Å². The van der Waals surface area contributed by atoms with Crippen molar-refractivity contribution in [3.05, 3.63) is 127 Å². The van der Waals surface area contributed by atoms with E-state index in [1.807, 2.05) is 29.2 Å². The predicted molar refractivity (Wildman–Crippen MR) is 135 cm³/mol. The van der Waals surface area contributed by atoms with Gasteiger partial charge in [0.1, 0.15) is 29.0 Å². The second kappa shape index (κ2) is 9.29. The van der Waals surface area contributed by atoms with E-state index in [1.54, 1.807) is 6.07 Å². The second-order valence-electron chi connectivity index (χ2n) is 8.42. The molecule has 1 aliphatic heterocycles. The fourth-order valence-corrected chi connectivity index (χ4v) is 9.97. The Balaban J connectivity index is 1.64. The minimum absolute atomic E-state index is 0.154. The zero-order chi connectivity index (χ0) is 22.7. The maximum atomic E-state index is 14.0. The van der Waals surface area contributed by atoms with Gasteiger partial charge < -0.3 is 4.90 Å². The molecule has 1 saturated heterocycles. The summed E-state index contributed by atoms with van der Waals surface area (Å²) in [5.74, 6) is -0.112. The Hall–Kier alpha value is -3.29. The van der Waals surface area contributed by atoms with E-state index in [0.717, 1.165) is 12.0 Å². The van der Waals surface area contributed by atoms with Crippen molar-refractivity contribution in [3.63, 3.8) is 0 Å². The normalized spacial score (nSPS) is 16.2. The van der Waals surface area contributed by atoms with E-state index in [2.05, 4.69) is 72.8 Å². The number of hydrogen-bond donors (Lipinski definition) is 0. The molecule has 0 saturated carbocycles. The summed E-state index contributed by atoms with van der Waals surface area (Å²) in [6, 6.07) is 38.1. The molecule has 0 aliphatic carbocycles. The smallest absolute Gasteiger partial charge is 0.264 e. The van der Waals surface area contributed by atoms with Crippen molar-refractivity contribution in [2.24, 2.45) is 0 Å². The average Bonchev–Trinajstić information content (AvgIpc) is 3.22. The topological polar surface area (TPSA) is 20.3 Å². The molecule has 0 N–H and O–H groups in total. The number of hydrogen-bond acceptors (Lipinski definition) is 1. The van der Waals surface area contributed by atoms with Crippen LogP contribution in [0.4, 0.5) is 4.39 Å². The Morgan fingerprint density at radius 2 is 1.24 bits per heavy atom. The first-order chi connectivity index (χ1) is 16.2. The van der Waals surface area contributed by atoms with Gasteiger partial charge in [-0.15, -0.1) is 0 Å². The molecule has 4 aromatic rings. The molecule has 1 amide bonds. The summed E-state index contributed by atoms with van der Waals surface area (Å²) >= 11 is 0. The van der Waals surface area contributed by atoms with Crippen LogP contribution in [0.25, 0.3) is 0 Å². The lowest BCUT2D eigenvalue weighted by atomic mass is 10.2. The minimum atomic E-state index is -2.27. The fourth-order valence-electron chi connectivity index (χ4n) is 5.07. The van der Waals surface area contributed by atoms with Crippen molar-refractivity contribution in [1.29, 1.82) is 0 Å². The van der Waals surface area contributed by atoms with Gasteiger partial charge >= 0.3 is 0 Å². The molecule has 4 heteroatoms. The summed E-state index contributed by atoms with van der Waals surface area (Å²) in [6.07, 6.45) is 0.778. The molecule has 164 valence electrons. The van der Waals surface area contributed by atoms with Crippen LogP contribution in [0.5, 0.6) is 0 Å². The number of amides is 1. The average molecular weight is 455 g/mol. The lowest BCUT2D eigenvalue weighted by molar-refractivity contribution is -0.127. The molecule has 0 bridgehead atoms. The third kappa shape index (κ3) is 3.98. The largest absolute Gasteiger partial charge is 0.335 e. The van der Waals surface area contributed by atoms with Gasteiger partial charge in [-0.2, -0.15) is 0 Å². The zero-order valence-electron chi connectivity index (χ0n) is 18.3. The standard InChI is InChI=1S/C29H26FNOP/c30-24-12-10-11-23(21-24)22-31-20-19-28(29(31)32)33(25-13-4-1-5-14-25,26-15-6-2-7-16-26)27-17-8-3-9-18-27/h1-18,21,28H,19-20,22H2/q+1. The van der Waals surface area contributed by atoms with Crippen LogP contribution in [0.3, 0.4) is 0 Å². The van der Waals surface area contributed by atoms with Crippen molar-refractivity contribution < 1.29 is 9.18 Å². The number of carbonyl (C=O) groups excluding carboxylic acids is 1. The third-order valence-corrected chi connectivity index (χ3v) is 11.2. The lowest BCUT2D eigenvalue weighted by Crippen LogP contribution is -2.42. The SMILES string of the molecule is O=C1C([P+](c2ccccc2)(c2ccccc2)c2ccccc2)CCN1Cc1cccc(F)c1. The van der Waals surface area contributed by atoms with E-state index in [1.165, 1.54) is 28.0 Å². The number of likely N-dealkylation sites (tertiary alicyclic amines) is 1. The van der Waals surface area contributed by atoms with Crippen molar-refractivity contribution in [3.8, 4) is 0 Å². The third-order valence-electron chi connectivity index (χ3n) is 6.49.